The molecule has 13 nitrogen and oxygen atoms in total. The number of hydrogen-bond donors (Lipinski definition) is 2. The molecule has 3 aliphatic rings. The number of aliphatic hydroxyl groups excluding tert-OH is 1. The Balaban J connectivity index is 1.67. The van der Waals surface area contributed by atoms with Crippen molar-refractivity contribution in [3.05, 3.63) is 76.3 Å². The molecule has 54 heavy (non-hydrogen) atoms. The van der Waals surface area contributed by atoms with E-state index in [0.29, 0.717) is 10.8 Å². The first-order valence-electron chi connectivity index (χ1n) is 17.1. The van der Waals surface area contributed by atoms with Crippen molar-refractivity contribution >= 4 is 39.1 Å². The number of benzene rings is 3. The van der Waals surface area contributed by atoms with Gasteiger partial charge in [0.1, 0.15) is 29.0 Å². The third-order valence-corrected chi connectivity index (χ3v) is 12.7. The molecule has 2 fully saturated rings. The Kier molecular flexibility index (Phi) is 10.6. The van der Waals surface area contributed by atoms with Gasteiger partial charge in [-0.2, -0.15) is 4.31 Å². The summed E-state index contributed by atoms with van der Waals surface area (Å²) in [6.07, 6.45) is -6.54. The predicted octanol–water partition coefficient (Wildman–Crippen LogP) is 3.31. The van der Waals surface area contributed by atoms with Gasteiger partial charge in [-0.3, -0.25) is 19.0 Å². The van der Waals surface area contributed by atoms with E-state index < -0.39 is 61.0 Å². The van der Waals surface area contributed by atoms with Crippen LogP contribution < -0.4 is 23.8 Å². The number of likely N-dealkylation sites (N-methyl/N-ethyl adjacent to an activating group) is 3. The van der Waals surface area contributed by atoms with Gasteiger partial charge >= 0.3 is 12.3 Å². The highest BCUT2D eigenvalue weighted by Crippen LogP contribution is 2.58. The smallest absolute Gasteiger partial charge is 0.497 e. The van der Waals surface area contributed by atoms with Crippen LogP contribution >= 0.6 is 11.6 Å². The number of quaternary nitrogens is 1. The highest BCUT2D eigenvalue weighted by atomic mass is 35.5. The van der Waals surface area contributed by atoms with Gasteiger partial charge in [0.15, 0.2) is 11.8 Å². The summed E-state index contributed by atoms with van der Waals surface area (Å²) in [5, 5.41) is 14.0. The van der Waals surface area contributed by atoms with Gasteiger partial charge in [-0.05, 0) is 55.1 Å². The number of methoxy groups -OCH3 is 2. The average molecular weight is 797 g/mol. The molecule has 3 aromatic carbocycles. The third-order valence-electron chi connectivity index (χ3n) is 10.7. The molecule has 2 saturated heterocycles. The fraction of sp³-hybridized carbons (Fsp3) is 0.444. The van der Waals surface area contributed by atoms with Crippen molar-refractivity contribution in [1.82, 2.24) is 15.1 Å². The van der Waals surface area contributed by atoms with Gasteiger partial charge in [-0.1, -0.05) is 17.7 Å². The van der Waals surface area contributed by atoms with Crippen molar-refractivity contribution in [2.45, 2.75) is 41.9 Å². The minimum absolute atomic E-state index is 0.0379. The molecular formula is C36H42ClF3N5O8S+. The van der Waals surface area contributed by atoms with Gasteiger partial charge in [0.2, 0.25) is 5.54 Å². The number of anilines is 1. The molecule has 3 aromatic rings. The van der Waals surface area contributed by atoms with Crippen molar-refractivity contribution in [2.75, 3.05) is 72.4 Å². The standard InChI is InChI=1S/C36H41ClF3N5O8S/c1-41-33(47)29-18-24(46)21-45(29,3)35(27-16-22(6-10-30(27)52-5)20-43-14-12-42(2)13-15-43)26-17-23(37)7-9-28(26)44(34(35)48)54(49,50)32-11-8-25(51-4)19-31(32)53-36(38,39)40/h6-11,16-17,19,24,29,46H,12-15,18,20-21H2,1-5H3/p+1/t24-,29+,35?,45?/m1/s1. The molecule has 3 aliphatic heterocycles. The van der Waals surface area contributed by atoms with Crippen LogP contribution in [0, 0.1) is 0 Å². The second-order valence-electron chi connectivity index (χ2n) is 13.9. The van der Waals surface area contributed by atoms with E-state index in [1.54, 1.807) is 19.2 Å². The maximum Gasteiger partial charge on any atom is 0.573 e. The summed E-state index contributed by atoms with van der Waals surface area (Å²) >= 11 is 6.63. The van der Waals surface area contributed by atoms with Crippen LogP contribution in [0.1, 0.15) is 23.1 Å². The molecule has 0 aromatic heterocycles. The number of hydrogen-bond acceptors (Lipinski definition) is 10. The van der Waals surface area contributed by atoms with Crippen LogP contribution in [-0.4, -0.2) is 126 Å². The normalized spacial score (nSPS) is 25.1. The number of rotatable bonds is 10. The van der Waals surface area contributed by atoms with E-state index in [1.807, 2.05) is 13.1 Å². The largest absolute Gasteiger partial charge is 0.573 e. The summed E-state index contributed by atoms with van der Waals surface area (Å²) in [4.78, 5) is 33.0. The first-order chi connectivity index (χ1) is 25.4. The zero-order valence-electron chi connectivity index (χ0n) is 30.3. The van der Waals surface area contributed by atoms with Crippen LogP contribution in [0.3, 0.4) is 0 Å². The minimum atomic E-state index is -5.32. The number of aliphatic hydroxyl groups is 1. The average Bonchev–Trinajstić information content (AvgIpc) is 3.58. The zero-order chi connectivity index (χ0) is 39.4. The molecule has 2 unspecified atom stereocenters. The Morgan fingerprint density at radius 1 is 1.02 bits per heavy atom. The third kappa shape index (κ3) is 6.64. The number of sulfonamides is 1. The number of halogens is 4. The highest BCUT2D eigenvalue weighted by Gasteiger charge is 2.72. The van der Waals surface area contributed by atoms with Crippen molar-refractivity contribution in [3.63, 3.8) is 0 Å². The lowest BCUT2D eigenvalue weighted by Crippen LogP contribution is -2.69. The summed E-state index contributed by atoms with van der Waals surface area (Å²) in [5.41, 5.74) is -1.44. The summed E-state index contributed by atoms with van der Waals surface area (Å²) in [6.45, 7) is 3.42. The van der Waals surface area contributed by atoms with Crippen molar-refractivity contribution in [3.8, 4) is 17.2 Å². The molecule has 4 atom stereocenters. The number of fused-ring (bicyclic) bond motifs is 1. The summed E-state index contributed by atoms with van der Waals surface area (Å²) < 4.78 is 86.0. The van der Waals surface area contributed by atoms with E-state index in [2.05, 4.69) is 19.9 Å². The second kappa shape index (κ2) is 14.5. The number of ether oxygens (including phenoxy) is 3. The number of amides is 2. The molecule has 2 N–H and O–H groups in total. The fourth-order valence-corrected chi connectivity index (χ4v) is 9.91. The minimum Gasteiger partial charge on any atom is -0.497 e. The number of nitrogens with zero attached hydrogens (tertiary/aromatic N) is 4. The van der Waals surface area contributed by atoms with Gasteiger partial charge in [-0.25, -0.2) is 8.42 Å². The molecule has 0 spiro atoms. The molecule has 0 saturated carbocycles. The lowest BCUT2D eigenvalue weighted by molar-refractivity contribution is -0.953. The van der Waals surface area contributed by atoms with Gasteiger partial charge < -0.3 is 29.5 Å². The monoisotopic (exact) mass is 796 g/mol. The molecule has 6 rings (SSSR count). The number of alkyl halides is 3. The second-order valence-corrected chi connectivity index (χ2v) is 16.1. The molecular weight excluding hydrogens is 755 g/mol. The van der Waals surface area contributed by atoms with E-state index in [4.69, 9.17) is 21.1 Å². The van der Waals surface area contributed by atoms with Gasteiger partial charge in [0.05, 0.1) is 38.1 Å². The van der Waals surface area contributed by atoms with Crippen LogP contribution in [0.2, 0.25) is 5.02 Å². The molecule has 292 valence electrons. The molecule has 2 amide bonds. The maximum atomic E-state index is 15.8. The van der Waals surface area contributed by atoms with E-state index in [-0.39, 0.29) is 46.3 Å². The van der Waals surface area contributed by atoms with Crippen molar-refractivity contribution < 1.29 is 55.0 Å². The zero-order valence-corrected chi connectivity index (χ0v) is 31.9. The Hall–Kier alpha value is -4.13. The summed E-state index contributed by atoms with van der Waals surface area (Å²) in [5.74, 6) is -2.77. The Morgan fingerprint density at radius 3 is 2.35 bits per heavy atom. The summed E-state index contributed by atoms with van der Waals surface area (Å²) in [7, 11) is 2.32. The number of carbonyl (C=O) groups excluding carboxylic acids is 2. The Labute approximate surface area is 316 Å². The van der Waals surface area contributed by atoms with Crippen molar-refractivity contribution in [1.29, 1.82) is 0 Å². The predicted molar refractivity (Wildman–Crippen MR) is 192 cm³/mol. The number of likely N-dealkylation sites (tertiary alicyclic amines) is 1. The van der Waals surface area contributed by atoms with Crippen LogP contribution in [0.25, 0.3) is 0 Å². The van der Waals surface area contributed by atoms with Gasteiger partial charge in [-0.15, -0.1) is 13.2 Å². The van der Waals surface area contributed by atoms with E-state index in [9.17, 15) is 31.5 Å². The van der Waals surface area contributed by atoms with E-state index in [0.717, 1.165) is 49.9 Å². The van der Waals surface area contributed by atoms with Gasteiger partial charge in [0.25, 0.3) is 15.9 Å². The molecule has 0 aliphatic carbocycles. The quantitative estimate of drug-likeness (QED) is 0.294. The first-order valence-corrected chi connectivity index (χ1v) is 18.9. The topological polar surface area (TPSA) is 138 Å². The lowest BCUT2D eigenvalue weighted by Gasteiger charge is -2.48. The maximum absolute atomic E-state index is 15.8. The number of carbonyl (C=O) groups is 2. The number of nitrogens with one attached hydrogen (secondary N) is 1. The van der Waals surface area contributed by atoms with E-state index in [1.165, 1.54) is 39.5 Å². The SMILES string of the molecule is CNC(=O)[C@@H]1C[C@@H](O)C[N+]1(C)C1(c2cc(CN3CCN(C)CC3)ccc2OC)C(=O)N(S(=O)(=O)c2ccc(OC)cc2OC(F)(F)F)c2ccc(Cl)cc21. The van der Waals surface area contributed by atoms with Crippen LogP contribution in [0.5, 0.6) is 17.2 Å². The molecule has 18 heteroatoms. The lowest BCUT2D eigenvalue weighted by atomic mass is 9.78. The Morgan fingerprint density at radius 2 is 1.72 bits per heavy atom. The fourth-order valence-electron chi connectivity index (χ4n) is 8.18. The highest BCUT2D eigenvalue weighted by molar-refractivity contribution is 7.93. The molecule has 3 heterocycles. The molecule has 0 bridgehead atoms. The number of piperazine rings is 1. The van der Waals surface area contributed by atoms with E-state index >= 15 is 4.79 Å². The van der Waals surface area contributed by atoms with Crippen LogP contribution in [-0.2, 0) is 31.7 Å². The Bertz CT molecular complexity index is 2070. The first kappa shape index (κ1) is 39.6. The van der Waals surface area contributed by atoms with Gasteiger partial charge in [0, 0.05) is 57.3 Å². The van der Waals surface area contributed by atoms with Crippen molar-refractivity contribution in [2.24, 2.45) is 0 Å². The molecule has 0 radical (unpaired) electrons. The summed E-state index contributed by atoms with van der Waals surface area (Å²) in [6, 6.07) is 10.9. The van der Waals surface area contributed by atoms with Crippen LogP contribution in [0.4, 0.5) is 18.9 Å². The van der Waals surface area contributed by atoms with Crippen LogP contribution in [0.15, 0.2) is 59.5 Å².